The summed E-state index contributed by atoms with van der Waals surface area (Å²) in [5.41, 5.74) is -1.26. The molecule has 2 heterocycles. The Labute approximate surface area is 161 Å². The van der Waals surface area contributed by atoms with Crippen LogP contribution in [0, 0.1) is 0 Å². The number of nitrogens with zero attached hydrogens (tertiary/aromatic N) is 2. The van der Waals surface area contributed by atoms with Crippen molar-refractivity contribution in [3.8, 4) is 0 Å². The Hall–Kier alpha value is -2.55. The predicted molar refractivity (Wildman–Crippen MR) is 101 cm³/mol. The largest absolute Gasteiger partial charge is 0.327 e. The fourth-order valence-corrected chi connectivity index (χ4v) is 4.27. The van der Waals surface area contributed by atoms with Gasteiger partial charge in [-0.25, -0.2) is 9.59 Å². The second-order valence-corrected chi connectivity index (χ2v) is 8.25. The minimum absolute atomic E-state index is 0.197. The summed E-state index contributed by atoms with van der Waals surface area (Å²) in [4.78, 5) is 51.9. The third kappa shape index (κ3) is 3.39. The molecule has 2 fully saturated rings. The summed E-state index contributed by atoms with van der Waals surface area (Å²) in [5.74, 6) is -0.0444. The van der Waals surface area contributed by atoms with E-state index in [1.807, 2.05) is 30.3 Å². The molecular weight excluding hydrogens is 368 g/mol. The Bertz CT molecular complexity index is 798. The summed E-state index contributed by atoms with van der Waals surface area (Å²) < 4.78 is 0. The molecule has 9 heteroatoms. The predicted octanol–water partition coefficient (Wildman–Crippen LogP) is 1.17. The molecule has 2 aliphatic rings. The van der Waals surface area contributed by atoms with Gasteiger partial charge in [-0.15, -0.1) is 0 Å². The molecule has 2 N–H and O–H groups in total. The molecule has 0 radical (unpaired) electrons. The molecule has 6 amide bonds. The first-order valence-electron chi connectivity index (χ1n) is 8.52. The van der Waals surface area contributed by atoms with E-state index in [1.54, 1.807) is 20.9 Å². The van der Waals surface area contributed by atoms with Gasteiger partial charge >= 0.3 is 12.1 Å². The molecule has 1 aromatic carbocycles. The number of rotatable bonds is 6. The van der Waals surface area contributed by atoms with Crippen molar-refractivity contribution in [2.75, 3.05) is 19.3 Å². The number of hydrogen-bond acceptors (Lipinski definition) is 5. The summed E-state index contributed by atoms with van der Waals surface area (Å²) in [5, 5.41) is 4.86. The van der Waals surface area contributed by atoms with E-state index in [1.165, 1.54) is 16.7 Å². The molecule has 0 aromatic heterocycles. The Morgan fingerprint density at radius 3 is 2.26 bits per heavy atom. The number of benzene rings is 1. The first kappa shape index (κ1) is 19.2. The van der Waals surface area contributed by atoms with Gasteiger partial charge in [0.05, 0.1) is 6.54 Å². The van der Waals surface area contributed by atoms with Gasteiger partial charge < -0.3 is 10.2 Å². The Morgan fingerprint density at radius 1 is 1.07 bits per heavy atom. The van der Waals surface area contributed by atoms with Crippen molar-refractivity contribution in [3.05, 3.63) is 35.9 Å². The molecule has 2 saturated heterocycles. The number of amides is 6. The van der Waals surface area contributed by atoms with Crippen molar-refractivity contribution in [1.29, 1.82) is 0 Å². The molecule has 1 unspecified atom stereocenters. The van der Waals surface area contributed by atoms with E-state index in [0.29, 0.717) is 5.75 Å². The maximum Gasteiger partial charge on any atom is 0.327 e. The van der Waals surface area contributed by atoms with Crippen LogP contribution in [0.3, 0.4) is 0 Å². The topological polar surface area (TPSA) is 98.8 Å². The highest BCUT2D eigenvalue weighted by molar-refractivity contribution is 7.98. The molecule has 0 spiro atoms. The quantitative estimate of drug-likeness (QED) is 0.711. The standard InChI is InChI=1S/C18H22N4O4S/c1-17(2)14(24)22(16(26)21(17)3)10-18(13(23)19-15(25)20-18)11-27-9-12-7-5-4-6-8-12/h4-8H,9-11H2,1-3H3,(H2,19,20,23,25). The van der Waals surface area contributed by atoms with Crippen LogP contribution in [-0.4, -0.2) is 64.1 Å². The number of nitrogens with one attached hydrogen (secondary N) is 2. The zero-order valence-electron chi connectivity index (χ0n) is 15.4. The number of imide groups is 2. The van der Waals surface area contributed by atoms with Crippen molar-refractivity contribution >= 4 is 35.6 Å². The maximum absolute atomic E-state index is 12.7. The van der Waals surface area contributed by atoms with Crippen LogP contribution in [-0.2, 0) is 15.3 Å². The number of urea groups is 2. The maximum atomic E-state index is 12.7. The highest BCUT2D eigenvalue weighted by Crippen LogP contribution is 2.29. The number of hydrogen-bond donors (Lipinski definition) is 2. The van der Waals surface area contributed by atoms with E-state index in [2.05, 4.69) is 10.6 Å². The monoisotopic (exact) mass is 390 g/mol. The van der Waals surface area contributed by atoms with Gasteiger partial charge in [-0.3, -0.25) is 19.8 Å². The van der Waals surface area contributed by atoms with Crippen molar-refractivity contribution in [2.45, 2.75) is 30.7 Å². The van der Waals surface area contributed by atoms with Crippen LogP contribution < -0.4 is 10.6 Å². The van der Waals surface area contributed by atoms with Crippen molar-refractivity contribution in [2.24, 2.45) is 0 Å². The highest BCUT2D eigenvalue weighted by atomic mass is 32.2. The molecule has 1 atom stereocenters. The molecule has 0 aliphatic carbocycles. The first-order valence-corrected chi connectivity index (χ1v) is 9.68. The van der Waals surface area contributed by atoms with Crippen molar-refractivity contribution in [1.82, 2.24) is 20.4 Å². The lowest BCUT2D eigenvalue weighted by atomic mass is 10.0. The number of thioether (sulfide) groups is 1. The molecule has 0 saturated carbocycles. The number of carbonyl (C=O) groups is 4. The minimum Gasteiger partial charge on any atom is -0.321 e. The molecule has 2 aliphatic heterocycles. The molecule has 3 rings (SSSR count). The smallest absolute Gasteiger partial charge is 0.321 e. The van der Waals surface area contributed by atoms with Gasteiger partial charge in [0.2, 0.25) is 0 Å². The van der Waals surface area contributed by atoms with Gasteiger partial charge in [0.1, 0.15) is 11.1 Å². The van der Waals surface area contributed by atoms with E-state index in [0.717, 1.165) is 10.5 Å². The normalized spacial score (nSPS) is 24.4. The summed E-state index contributed by atoms with van der Waals surface area (Å²) in [6, 6.07) is 8.61. The fraction of sp³-hybridized carbons (Fsp3) is 0.444. The average molecular weight is 390 g/mol. The second kappa shape index (κ2) is 6.88. The Morgan fingerprint density at radius 2 is 1.74 bits per heavy atom. The van der Waals surface area contributed by atoms with Gasteiger partial charge in [-0.2, -0.15) is 11.8 Å². The van der Waals surface area contributed by atoms with Crippen LogP contribution in [0.5, 0.6) is 0 Å². The molecule has 0 bridgehead atoms. The summed E-state index contributed by atoms with van der Waals surface area (Å²) in [6.07, 6.45) is 0. The number of carbonyl (C=O) groups excluding carboxylic acids is 4. The van der Waals surface area contributed by atoms with Gasteiger partial charge in [-0.1, -0.05) is 30.3 Å². The van der Waals surface area contributed by atoms with Gasteiger partial charge in [-0.05, 0) is 19.4 Å². The summed E-state index contributed by atoms with van der Waals surface area (Å²) in [6.45, 7) is 3.10. The van der Waals surface area contributed by atoms with Crippen molar-refractivity contribution in [3.63, 3.8) is 0 Å². The third-order valence-corrected chi connectivity index (χ3v) is 6.26. The van der Waals surface area contributed by atoms with Crippen LogP contribution in [0.1, 0.15) is 19.4 Å². The van der Waals surface area contributed by atoms with Crippen LogP contribution >= 0.6 is 11.8 Å². The van der Waals surface area contributed by atoms with Gasteiger partial charge in [0.25, 0.3) is 11.8 Å². The fourth-order valence-electron chi connectivity index (χ4n) is 3.09. The highest BCUT2D eigenvalue weighted by Gasteiger charge is 2.55. The van der Waals surface area contributed by atoms with Gasteiger partial charge in [0.15, 0.2) is 0 Å². The molecule has 8 nitrogen and oxygen atoms in total. The van der Waals surface area contributed by atoms with E-state index >= 15 is 0 Å². The number of likely N-dealkylation sites (N-methyl/N-ethyl adjacent to an activating group) is 1. The van der Waals surface area contributed by atoms with Crippen LogP contribution in [0.4, 0.5) is 9.59 Å². The Balaban J connectivity index is 1.78. The van der Waals surface area contributed by atoms with Gasteiger partial charge in [0, 0.05) is 18.6 Å². The van der Waals surface area contributed by atoms with Crippen molar-refractivity contribution < 1.29 is 19.2 Å². The van der Waals surface area contributed by atoms with Crippen LogP contribution in [0.2, 0.25) is 0 Å². The van der Waals surface area contributed by atoms with E-state index < -0.39 is 35.0 Å². The minimum atomic E-state index is -1.34. The first-order chi connectivity index (χ1) is 12.7. The van der Waals surface area contributed by atoms with Crippen LogP contribution in [0.25, 0.3) is 0 Å². The van der Waals surface area contributed by atoms with E-state index in [-0.39, 0.29) is 12.3 Å². The molecular formula is C18H22N4O4S. The summed E-state index contributed by atoms with van der Waals surface area (Å²) >= 11 is 1.46. The van der Waals surface area contributed by atoms with E-state index in [4.69, 9.17) is 0 Å². The molecule has 1 aromatic rings. The SMILES string of the molecule is CN1C(=O)N(CC2(CSCc3ccccc3)NC(=O)NC2=O)C(=O)C1(C)C. The third-order valence-electron chi connectivity index (χ3n) is 5.03. The zero-order chi connectivity index (χ0) is 19.8. The lowest BCUT2D eigenvalue weighted by Gasteiger charge is -2.29. The lowest BCUT2D eigenvalue weighted by Crippen LogP contribution is -2.58. The Kier molecular flexibility index (Phi) is 4.90. The second-order valence-electron chi connectivity index (χ2n) is 7.26. The molecule has 144 valence electrons. The summed E-state index contributed by atoms with van der Waals surface area (Å²) in [7, 11) is 1.55. The lowest BCUT2D eigenvalue weighted by molar-refractivity contribution is -0.133. The average Bonchev–Trinajstić information content (AvgIpc) is 2.98. The molecule has 27 heavy (non-hydrogen) atoms. The van der Waals surface area contributed by atoms with Crippen LogP contribution in [0.15, 0.2) is 30.3 Å². The van der Waals surface area contributed by atoms with E-state index in [9.17, 15) is 19.2 Å². The zero-order valence-corrected chi connectivity index (χ0v) is 16.3.